The van der Waals surface area contributed by atoms with Crippen molar-refractivity contribution in [2.24, 2.45) is 5.92 Å². The van der Waals surface area contributed by atoms with E-state index in [1.54, 1.807) is 0 Å². The molecule has 2 atom stereocenters. The number of carbonyl (C=O) groups is 2. The van der Waals surface area contributed by atoms with Gasteiger partial charge < -0.3 is 10.1 Å². The van der Waals surface area contributed by atoms with Crippen LogP contribution in [0.25, 0.3) is 0 Å². The van der Waals surface area contributed by atoms with Gasteiger partial charge in [-0.05, 0) is 36.5 Å². The maximum atomic E-state index is 12.6. The minimum atomic E-state index is -0.366. The number of carbonyl (C=O) groups excluding carboxylic acids is 2. The van der Waals surface area contributed by atoms with Crippen LogP contribution < -0.4 is 5.32 Å². The van der Waals surface area contributed by atoms with E-state index in [1.807, 2.05) is 76.2 Å². The summed E-state index contributed by atoms with van der Waals surface area (Å²) >= 11 is 0. The molecule has 26 heavy (non-hydrogen) atoms. The Morgan fingerprint density at radius 2 is 1.62 bits per heavy atom. The molecule has 0 heterocycles. The second kappa shape index (κ2) is 9.18. The SMILES string of the molecule is CC[C@H](C)[C@@H](C(=O)OCC(=O)Nc1c(C)cccc1C)c1ccccc1. The van der Waals surface area contributed by atoms with Crippen LogP contribution in [0.5, 0.6) is 0 Å². The lowest BCUT2D eigenvalue weighted by Gasteiger charge is -2.22. The van der Waals surface area contributed by atoms with Crippen LogP contribution in [0.4, 0.5) is 5.69 Å². The maximum absolute atomic E-state index is 12.6. The molecule has 0 spiro atoms. The summed E-state index contributed by atoms with van der Waals surface area (Å²) in [5.41, 5.74) is 3.65. The van der Waals surface area contributed by atoms with Crippen LogP contribution in [-0.2, 0) is 14.3 Å². The highest BCUT2D eigenvalue weighted by Crippen LogP contribution is 2.28. The maximum Gasteiger partial charge on any atom is 0.314 e. The Kier molecular flexibility index (Phi) is 6.96. The van der Waals surface area contributed by atoms with Gasteiger partial charge in [0.2, 0.25) is 0 Å². The van der Waals surface area contributed by atoms with Crippen LogP contribution in [0.1, 0.15) is 42.9 Å². The smallest absolute Gasteiger partial charge is 0.314 e. The van der Waals surface area contributed by atoms with E-state index in [4.69, 9.17) is 4.74 Å². The molecule has 4 nitrogen and oxygen atoms in total. The van der Waals surface area contributed by atoms with Crippen LogP contribution in [0.15, 0.2) is 48.5 Å². The van der Waals surface area contributed by atoms with Crippen molar-refractivity contribution in [2.45, 2.75) is 40.0 Å². The summed E-state index contributed by atoms with van der Waals surface area (Å²) < 4.78 is 5.34. The van der Waals surface area contributed by atoms with Gasteiger partial charge in [-0.25, -0.2) is 0 Å². The number of anilines is 1. The number of para-hydroxylation sites is 1. The van der Waals surface area contributed by atoms with Gasteiger partial charge in [0, 0.05) is 5.69 Å². The Morgan fingerprint density at radius 3 is 2.19 bits per heavy atom. The molecule has 0 fully saturated rings. The lowest BCUT2D eigenvalue weighted by Crippen LogP contribution is -2.27. The predicted octanol–water partition coefficient (Wildman–Crippen LogP) is 4.62. The first-order valence-corrected chi connectivity index (χ1v) is 9.01. The first kappa shape index (κ1) is 19.7. The van der Waals surface area contributed by atoms with Crippen molar-refractivity contribution in [3.63, 3.8) is 0 Å². The number of benzene rings is 2. The molecule has 0 saturated heterocycles. The Bertz CT molecular complexity index is 735. The third kappa shape index (κ3) is 4.94. The molecule has 1 N–H and O–H groups in total. The highest BCUT2D eigenvalue weighted by molar-refractivity contribution is 5.94. The van der Waals surface area contributed by atoms with Crippen molar-refractivity contribution >= 4 is 17.6 Å². The normalized spacial score (nSPS) is 12.9. The van der Waals surface area contributed by atoms with Crippen molar-refractivity contribution in [3.05, 3.63) is 65.2 Å². The molecule has 0 aromatic heterocycles. The number of esters is 1. The largest absolute Gasteiger partial charge is 0.455 e. The second-order valence-corrected chi connectivity index (χ2v) is 6.70. The molecule has 0 saturated carbocycles. The molecule has 1 amide bonds. The topological polar surface area (TPSA) is 55.4 Å². The second-order valence-electron chi connectivity index (χ2n) is 6.70. The molecule has 0 unspecified atom stereocenters. The van der Waals surface area contributed by atoms with Crippen molar-refractivity contribution in [1.29, 1.82) is 0 Å². The van der Waals surface area contributed by atoms with Crippen molar-refractivity contribution < 1.29 is 14.3 Å². The molecule has 0 aliphatic rings. The molecule has 0 aliphatic heterocycles. The van der Waals surface area contributed by atoms with Crippen LogP contribution in [0, 0.1) is 19.8 Å². The van der Waals surface area contributed by atoms with E-state index in [0.717, 1.165) is 28.8 Å². The standard InChI is InChI=1S/C22H27NO3/c1-5-15(2)20(18-12-7-6-8-13-18)22(25)26-14-19(24)23-21-16(3)10-9-11-17(21)4/h6-13,15,20H,5,14H2,1-4H3,(H,23,24)/t15-,20+/m0/s1. The summed E-state index contributed by atoms with van der Waals surface area (Å²) in [4.78, 5) is 24.9. The quantitative estimate of drug-likeness (QED) is 0.739. The minimum absolute atomic E-state index is 0.131. The van der Waals surface area contributed by atoms with Crippen LogP contribution in [-0.4, -0.2) is 18.5 Å². The zero-order valence-corrected chi connectivity index (χ0v) is 15.9. The highest BCUT2D eigenvalue weighted by Gasteiger charge is 2.27. The molecular weight excluding hydrogens is 326 g/mol. The summed E-state index contributed by atoms with van der Waals surface area (Å²) in [6.45, 7) is 7.65. The first-order valence-electron chi connectivity index (χ1n) is 9.01. The Morgan fingerprint density at radius 1 is 1.00 bits per heavy atom. The van der Waals surface area contributed by atoms with Gasteiger partial charge in [-0.15, -0.1) is 0 Å². The highest BCUT2D eigenvalue weighted by atomic mass is 16.5. The van der Waals surface area contributed by atoms with E-state index >= 15 is 0 Å². The van der Waals surface area contributed by atoms with Gasteiger partial charge in [-0.3, -0.25) is 9.59 Å². The summed E-state index contributed by atoms with van der Waals surface area (Å²) in [6.07, 6.45) is 0.850. The van der Waals surface area contributed by atoms with Gasteiger partial charge in [-0.2, -0.15) is 0 Å². The van der Waals surface area contributed by atoms with E-state index in [0.29, 0.717) is 0 Å². The molecule has 2 aromatic rings. The van der Waals surface area contributed by atoms with Gasteiger partial charge in [0.15, 0.2) is 6.61 Å². The zero-order valence-electron chi connectivity index (χ0n) is 15.9. The van der Waals surface area contributed by atoms with E-state index in [1.165, 1.54) is 0 Å². The predicted molar refractivity (Wildman–Crippen MR) is 104 cm³/mol. The van der Waals surface area contributed by atoms with Gasteiger partial charge in [0.1, 0.15) is 0 Å². The van der Waals surface area contributed by atoms with Crippen molar-refractivity contribution in [1.82, 2.24) is 0 Å². The van der Waals surface area contributed by atoms with Crippen LogP contribution >= 0.6 is 0 Å². The number of amides is 1. The molecule has 0 bridgehead atoms. The van der Waals surface area contributed by atoms with E-state index in [2.05, 4.69) is 5.32 Å². The Labute approximate surface area is 155 Å². The fourth-order valence-corrected chi connectivity index (χ4v) is 3.01. The van der Waals surface area contributed by atoms with Crippen molar-refractivity contribution in [2.75, 3.05) is 11.9 Å². The summed E-state index contributed by atoms with van der Waals surface area (Å²) in [7, 11) is 0. The number of hydrogen-bond acceptors (Lipinski definition) is 3. The number of hydrogen-bond donors (Lipinski definition) is 1. The van der Waals surface area contributed by atoms with Crippen LogP contribution in [0.2, 0.25) is 0 Å². The Hall–Kier alpha value is -2.62. The third-order valence-corrected chi connectivity index (χ3v) is 4.72. The average Bonchev–Trinajstić information content (AvgIpc) is 2.64. The van der Waals surface area contributed by atoms with Gasteiger partial charge in [0.05, 0.1) is 5.92 Å². The molecule has 2 aromatic carbocycles. The lowest BCUT2D eigenvalue weighted by molar-refractivity contribution is -0.150. The fraction of sp³-hybridized carbons (Fsp3) is 0.364. The van der Waals surface area contributed by atoms with Gasteiger partial charge in [0.25, 0.3) is 5.91 Å². The first-order chi connectivity index (χ1) is 12.4. The number of ether oxygens (including phenoxy) is 1. The lowest BCUT2D eigenvalue weighted by atomic mass is 9.86. The Balaban J connectivity index is 2.02. The summed E-state index contributed by atoms with van der Waals surface area (Å²) in [5.74, 6) is -0.922. The van der Waals surface area contributed by atoms with E-state index in [9.17, 15) is 9.59 Å². The van der Waals surface area contributed by atoms with Gasteiger partial charge in [-0.1, -0.05) is 68.8 Å². The number of aryl methyl sites for hydroxylation is 2. The van der Waals surface area contributed by atoms with E-state index < -0.39 is 0 Å². The molecule has 138 valence electrons. The summed E-state index contributed by atoms with van der Waals surface area (Å²) in [6, 6.07) is 15.4. The zero-order chi connectivity index (χ0) is 19.1. The molecule has 2 rings (SSSR count). The third-order valence-electron chi connectivity index (χ3n) is 4.72. The molecule has 0 radical (unpaired) electrons. The number of nitrogens with one attached hydrogen (secondary N) is 1. The summed E-state index contributed by atoms with van der Waals surface area (Å²) in [5, 5.41) is 2.84. The molecule has 0 aliphatic carbocycles. The van der Waals surface area contributed by atoms with Crippen LogP contribution in [0.3, 0.4) is 0 Å². The number of rotatable bonds is 7. The molecule has 4 heteroatoms. The molecular formula is C22H27NO3. The van der Waals surface area contributed by atoms with Gasteiger partial charge >= 0.3 is 5.97 Å². The monoisotopic (exact) mass is 353 g/mol. The fourth-order valence-electron chi connectivity index (χ4n) is 3.01. The minimum Gasteiger partial charge on any atom is -0.455 e. The average molecular weight is 353 g/mol. The van der Waals surface area contributed by atoms with Crippen molar-refractivity contribution in [3.8, 4) is 0 Å². The van der Waals surface area contributed by atoms with E-state index in [-0.39, 0.29) is 30.3 Å².